The molecular weight excluding hydrogens is 344 g/mol. The molecule has 0 radical (unpaired) electrons. The van der Waals surface area contributed by atoms with Crippen LogP contribution in [-0.2, 0) is 13.5 Å². The minimum absolute atomic E-state index is 0.0968. The Kier molecular flexibility index (Phi) is 4.50. The fourth-order valence-electron chi connectivity index (χ4n) is 3.13. The van der Waals surface area contributed by atoms with Crippen molar-refractivity contribution in [3.05, 3.63) is 60.2 Å². The molecule has 1 unspecified atom stereocenters. The van der Waals surface area contributed by atoms with Gasteiger partial charge in [-0.05, 0) is 24.1 Å². The first-order chi connectivity index (χ1) is 13.1. The van der Waals surface area contributed by atoms with Crippen LogP contribution in [0.2, 0.25) is 0 Å². The number of nitrogens with one attached hydrogen (secondary N) is 1. The van der Waals surface area contributed by atoms with Crippen molar-refractivity contribution in [3.63, 3.8) is 0 Å². The lowest BCUT2D eigenvalue weighted by atomic mass is 10.0. The molecule has 0 spiro atoms. The van der Waals surface area contributed by atoms with E-state index in [9.17, 15) is 4.79 Å². The van der Waals surface area contributed by atoms with Crippen molar-refractivity contribution in [1.82, 2.24) is 20.1 Å². The Morgan fingerprint density at radius 2 is 2.15 bits per heavy atom. The SMILES string of the molecule is COc1ccc2c(c1)OCC(NC(=O)c1cncc(-c3cnn(C)c3)c1)C2. The molecule has 1 aromatic carbocycles. The van der Waals surface area contributed by atoms with Crippen molar-refractivity contribution in [2.75, 3.05) is 13.7 Å². The number of pyridine rings is 1. The van der Waals surface area contributed by atoms with Crippen LogP contribution >= 0.6 is 0 Å². The van der Waals surface area contributed by atoms with E-state index in [0.29, 0.717) is 18.6 Å². The van der Waals surface area contributed by atoms with Gasteiger partial charge in [0.1, 0.15) is 18.1 Å². The number of hydrogen-bond donors (Lipinski definition) is 1. The van der Waals surface area contributed by atoms with Gasteiger partial charge in [0.05, 0.1) is 24.9 Å². The highest BCUT2D eigenvalue weighted by Gasteiger charge is 2.22. The summed E-state index contributed by atoms with van der Waals surface area (Å²) in [5, 5.41) is 7.19. The monoisotopic (exact) mass is 364 g/mol. The van der Waals surface area contributed by atoms with Crippen molar-refractivity contribution in [2.24, 2.45) is 7.05 Å². The van der Waals surface area contributed by atoms with Gasteiger partial charge in [-0.2, -0.15) is 5.10 Å². The fraction of sp³-hybridized carbons (Fsp3) is 0.250. The molecule has 0 saturated carbocycles. The quantitative estimate of drug-likeness (QED) is 0.768. The van der Waals surface area contributed by atoms with Crippen LogP contribution in [0.25, 0.3) is 11.1 Å². The topological polar surface area (TPSA) is 78.3 Å². The summed E-state index contributed by atoms with van der Waals surface area (Å²) >= 11 is 0. The molecule has 3 aromatic rings. The molecule has 1 atom stereocenters. The number of methoxy groups -OCH3 is 1. The molecule has 1 aliphatic rings. The highest BCUT2D eigenvalue weighted by molar-refractivity contribution is 5.95. The number of rotatable bonds is 4. The normalized spacial score (nSPS) is 15.6. The van der Waals surface area contributed by atoms with Crippen molar-refractivity contribution in [2.45, 2.75) is 12.5 Å². The summed E-state index contributed by atoms with van der Waals surface area (Å²) in [5.74, 6) is 1.40. The number of nitrogens with zero attached hydrogens (tertiary/aromatic N) is 3. The molecule has 1 aliphatic heterocycles. The molecular formula is C20H20N4O3. The highest BCUT2D eigenvalue weighted by atomic mass is 16.5. The zero-order valence-electron chi connectivity index (χ0n) is 15.2. The van der Waals surface area contributed by atoms with Crippen LogP contribution in [0.3, 0.4) is 0 Å². The number of aryl methyl sites for hydroxylation is 1. The van der Waals surface area contributed by atoms with E-state index < -0.39 is 0 Å². The van der Waals surface area contributed by atoms with Crippen molar-refractivity contribution in [1.29, 1.82) is 0 Å². The second-order valence-corrected chi connectivity index (χ2v) is 6.52. The molecule has 0 fully saturated rings. The van der Waals surface area contributed by atoms with Gasteiger partial charge in [-0.25, -0.2) is 0 Å². The van der Waals surface area contributed by atoms with Crippen molar-refractivity contribution < 1.29 is 14.3 Å². The number of amides is 1. The maximum atomic E-state index is 12.7. The molecule has 7 heteroatoms. The van der Waals surface area contributed by atoms with Gasteiger partial charge >= 0.3 is 0 Å². The van der Waals surface area contributed by atoms with Gasteiger partial charge in [0, 0.05) is 42.8 Å². The van der Waals surface area contributed by atoms with E-state index in [-0.39, 0.29) is 11.9 Å². The number of ether oxygens (including phenoxy) is 2. The minimum atomic E-state index is -0.168. The third-order valence-corrected chi connectivity index (χ3v) is 4.55. The molecule has 7 nitrogen and oxygen atoms in total. The van der Waals surface area contributed by atoms with E-state index in [1.54, 1.807) is 30.4 Å². The van der Waals surface area contributed by atoms with Crippen LogP contribution in [0, 0.1) is 0 Å². The van der Waals surface area contributed by atoms with E-state index >= 15 is 0 Å². The van der Waals surface area contributed by atoms with Gasteiger partial charge < -0.3 is 14.8 Å². The maximum absolute atomic E-state index is 12.7. The third kappa shape index (κ3) is 3.62. The van der Waals surface area contributed by atoms with E-state index in [0.717, 1.165) is 28.2 Å². The summed E-state index contributed by atoms with van der Waals surface area (Å²) in [4.78, 5) is 16.9. The maximum Gasteiger partial charge on any atom is 0.253 e. The lowest BCUT2D eigenvalue weighted by Gasteiger charge is -2.26. The molecule has 3 heterocycles. The number of carbonyl (C=O) groups excluding carboxylic acids is 1. The van der Waals surface area contributed by atoms with Crippen LogP contribution in [0.5, 0.6) is 11.5 Å². The standard InChI is InChI=1S/C20H20N4O3/c1-24-11-16(10-22-24)14-5-15(9-21-8-14)20(25)23-17-6-13-3-4-18(26-2)7-19(13)27-12-17/h3-5,7-11,17H,6,12H2,1-2H3,(H,23,25). The van der Waals surface area contributed by atoms with Crippen molar-refractivity contribution in [3.8, 4) is 22.6 Å². The highest BCUT2D eigenvalue weighted by Crippen LogP contribution is 2.29. The number of fused-ring (bicyclic) bond motifs is 1. The predicted molar refractivity (Wildman–Crippen MR) is 99.9 cm³/mol. The summed E-state index contributed by atoms with van der Waals surface area (Å²) in [6.45, 7) is 0.418. The summed E-state index contributed by atoms with van der Waals surface area (Å²) in [6.07, 6.45) is 7.64. The van der Waals surface area contributed by atoms with E-state index in [1.807, 2.05) is 37.5 Å². The first kappa shape index (κ1) is 17.1. The summed E-state index contributed by atoms with van der Waals surface area (Å²) in [5.41, 5.74) is 3.34. The summed E-state index contributed by atoms with van der Waals surface area (Å²) in [6, 6.07) is 7.46. The first-order valence-corrected chi connectivity index (χ1v) is 8.67. The Hall–Kier alpha value is -3.35. The van der Waals surface area contributed by atoms with Gasteiger partial charge in [0.15, 0.2) is 0 Å². The molecule has 0 saturated heterocycles. The van der Waals surface area contributed by atoms with Gasteiger partial charge in [0.25, 0.3) is 5.91 Å². The Morgan fingerprint density at radius 3 is 2.93 bits per heavy atom. The average molecular weight is 364 g/mol. The fourth-order valence-corrected chi connectivity index (χ4v) is 3.13. The molecule has 2 aromatic heterocycles. The Labute approximate surface area is 156 Å². The Bertz CT molecular complexity index is 983. The second kappa shape index (κ2) is 7.11. The number of aromatic nitrogens is 3. The average Bonchev–Trinajstić information content (AvgIpc) is 3.14. The number of carbonyl (C=O) groups is 1. The molecule has 27 heavy (non-hydrogen) atoms. The molecule has 0 bridgehead atoms. The van der Waals surface area contributed by atoms with Crippen molar-refractivity contribution >= 4 is 5.91 Å². The van der Waals surface area contributed by atoms with Crippen LogP contribution < -0.4 is 14.8 Å². The van der Waals surface area contributed by atoms with Crippen LogP contribution in [0.4, 0.5) is 0 Å². The van der Waals surface area contributed by atoms with Gasteiger partial charge in [-0.1, -0.05) is 6.07 Å². The predicted octanol–water partition coefficient (Wildman–Crippen LogP) is 2.22. The zero-order chi connectivity index (χ0) is 18.8. The van der Waals surface area contributed by atoms with Gasteiger partial charge in [-0.15, -0.1) is 0 Å². The number of hydrogen-bond acceptors (Lipinski definition) is 5. The molecule has 1 N–H and O–H groups in total. The van der Waals surface area contributed by atoms with Crippen LogP contribution in [-0.4, -0.2) is 40.4 Å². The van der Waals surface area contributed by atoms with E-state index in [2.05, 4.69) is 15.4 Å². The smallest absolute Gasteiger partial charge is 0.253 e. The zero-order valence-corrected chi connectivity index (χ0v) is 15.2. The first-order valence-electron chi connectivity index (χ1n) is 8.67. The number of benzene rings is 1. The lowest BCUT2D eigenvalue weighted by molar-refractivity contribution is 0.0915. The van der Waals surface area contributed by atoms with E-state index in [1.165, 1.54) is 0 Å². The third-order valence-electron chi connectivity index (χ3n) is 4.55. The van der Waals surface area contributed by atoms with Crippen LogP contribution in [0.15, 0.2) is 49.1 Å². The Morgan fingerprint density at radius 1 is 1.26 bits per heavy atom. The lowest BCUT2D eigenvalue weighted by Crippen LogP contribution is -2.42. The van der Waals surface area contributed by atoms with E-state index in [4.69, 9.17) is 9.47 Å². The van der Waals surface area contributed by atoms with Gasteiger partial charge in [0.2, 0.25) is 0 Å². The minimum Gasteiger partial charge on any atom is -0.497 e. The molecule has 4 rings (SSSR count). The molecule has 138 valence electrons. The Balaban J connectivity index is 1.46. The largest absolute Gasteiger partial charge is 0.497 e. The second-order valence-electron chi connectivity index (χ2n) is 6.52. The van der Waals surface area contributed by atoms with Crippen LogP contribution in [0.1, 0.15) is 15.9 Å². The molecule has 1 amide bonds. The summed E-state index contributed by atoms with van der Waals surface area (Å²) in [7, 11) is 3.48. The summed E-state index contributed by atoms with van der Waals surface area (Å²) < 4.78 is 12.7. The molecule has 0 aliphatic carbocycles. The van der Waals surface area contributed by atoms with Gasteiger partial charge in [-0.3, -0.25) is 14.5 Å².